The third-order valence-corrected chi connectivity index (χ3v) is 6.57. The van der Waals surface area contributed by atoms with E-state index < -0.39 is 0 Å². The van der Waals surface area contributed by atoms with E-state index in [1.807, 2.05) is 29.6 Å². The Morgan fingerprint density at radius 3 is 2.87 bits per heavy atom. The van der Waals surface area contributed by atoms with E-state index in [2.05, 4.69) is 0 Å². The van der Waals surface area contributed by atoms with Gasteiger partial charge in [0.1, 0.15) is 11.6 Å². The quantitative estimate of drug-likeness (QED) is 0.461. The highest BCUT2D eigenvalue weighted by atomic mass is 32.1. The number of amides is 1. The first-order valence-electron chi connectivity index (χ1n) is 10.6. The minimum Gasteiger partial charge on any atom is -0.467 e. The van der Waals surface area contributed by atoms with Gasteiger partial charge in [0.2, 0.25) is 0 Å². The molecule has 1 aliphatic rings. The second kappa shape index (κ2) is 8.51. The molecule has 7 heteroatoms. The molecule has 0 N–H and O–H groups in total. The third kappa shape index (κ3) is 4.05. The van der Waals surface area contributed by atoms with Crippen LogP contribution in [-0.2, 0) is 26.1 Å². The topological polar surface area (TPSA) is 68.3 Å². The van der Waals surface area contributed by atoms with Gasteiger partial charge in [-0.2, -0.15) is 0 Å². The van der Waals surface area contributed by atoms with E-state index in [1.54, 1.807) is 45.3 Å². The number of aryl methyl sites for hydroxylation is 1. The van der Waals surface area contributed by atoms with Crippen LogP contribution >= 0.6 is 11.3 Å². The van der Waals surface area contributed by atoms with Crippen LogP contribution in [-0.4, -0.2) is 20.4 Å². The first-order chi connectivity index (χ1) is 15.2. The smallest absolute Gasteiger partial charge is 0.261 e. The van der Waals surface area contributed by atoms with Crippen molar-refractivity contribution in [2.24, 2.45) is 0 Å². The summed E-state index contributed by atoms with van der Waals surface area (Å²) in [6.45, 7) is 1.59. The van der Waals surface area contributed by atoms with E-state index >= 15 is 0 Å². The lowest BCUT2D eigenvalue weighted by atomic mass is 10.1. The molecule has 4 heterocycles. The van der Waals surface area contributed by atoms with Crippen LogP contribution in [0.25, 0.3) is 10.9 Å². The Balaban J connectivity index is 1.51. The van der Waals surface area contributed by atoms with Crippen molar-refractivity contribution in [2.75, 3.05) is 0 Å². The van der Waals surface area contributed by atoms with E-state index in [4.69, 9.17) is 9.40 Å². The summed E-state index contributed by atoms with van der Waals surface area (Å²) in [5, 5.41) is 2.57. The Hall–Kier alpha value is -3.19. The van der Waals surface area contributed by atoms with Gasteiger partial charge in [0.05, 0.1) is 30.3 Å². The van der Waals surface area contributed by atoms with Gasteiger partial charge >= 0.3 is 0 Å². The molecular weight excluding hydrogens is 410 g/mol. The normalized spacial score (nSPS) is 13.7. The molecule has 0 radical (unpaired) electrons. The number of rotatable bonds is 5. The zero-order valence-corrected chi connectivity index (χ0v) is 17.9. The number of hydrogen-bond donors (Lipinski definition) is 0. The molecule has 0 fully saturated rings. The number of aromatic nitrogens is 2. The van der Waals surface area contributed by atoms with Gasteiger partial charge in [-0.25, -0.2) is 4.98 Å². The van der Waals surface area contributed by atoms with Crippen molar-refractivity contribution in [3.8, 4) is 0 Å². The van der Waals surface area contributed by atoms with Gasteiger partial charge in [0, 0.05) is 23.4 Å². The van der Waals surface area contributed by atoms with Crippen molar-refractivity contribution in [1.29, 1.82) is 0 Å². The molecule has 0 unspecified atom stereocenters. The van der Waals surface area contributed by atoms with Crippen LogP contribution in [0, 0.1) is 0 Å². The molecule has 6 nitrogen and oxygen atoms in total. The maximum atomic E-state index is 13.4. The molecule has 5 rings (SSSR count). The lowest BCUT2D eigenvalue weighted by Crippen LogP contribution is -2.30. The molecule has 0 aliphatic carbocycles. The molecule has 0 atom stereocenters. The average molecular weight is 434 g/mol. The molecule has 1 aliphatic heterocycles. The van der Waals surface area contributed by atoms with Gasteiger partial charge in [-0.3, -0.25) is 14.2 Å². The molecule has 31 heavy (non-hydrogen) atoms. The Bertz CT molecular complexity index is 1220. The summed E-state index contributed by atoms with van der Waals surface area (Å²) in [6, 6.07) is 12.9. The van der Waals surface area contributed by atoms with E-state index in [0.29, 0.717) is 29.6 Å². The minimum absolute atomic E-state index is 0.00748. The number of carbonyl (C=O) groups excluding carboxylic acids is 1. The first-order valence-corrected chi connectivity index (χ1v) is 11.4. The fourth-order valence-corrected chi connectivity index (χ4v) is 4.83. The second-order valence-corrected chi connectivity index (χ2v) is 8.88. The Morgan fingerprint density at radius 2 is 2.06 bits per heavy atom. The van der Waals surface area contributed by atoms with Gasteiger partial charge in [-0.15, -0.1) is 11.3 Å². The van der Waals surface area contributed by atoms with Crippen molar-refractivity contribution in [3.05, 3.63) is 86.5 Å². The fraction of sp³-hybridized carbons (Fsp3) is 0.292. The number of thiophene rings is 1. The standard InChI is InChI=1S/C24H23N3O3S/c28-23(26(15-18-6-4-12-30-18)16-19-7-5-13-31-19)17-9-10-20-21(14-17)25-22-8-2-1-3-11-27(22)24(20)29/h4-7,9-10,12-14H,1-3,8,11,15-16H2. The van der Waals surface area contributed by atoms with Crippen LogP contribution in [0.3, 0.4) is 0 Å². The lowest BCUT2D eigenvalue weighted by Gasteiger charge is -2.21. The third-order valence-electron chi connectivity index (χ3n) is 5.70. The van der Waals surface area contributed by atoms with E-state index in [-0.39, 0.29) is 11.5 Å². The van der Waals surface area contributed by atoms with Gasteiger partial charge in [0.15, 0.2) is 0 Å². The molecule has 1 amide bonds. The largest absolute Gasteiger partial charge is 0.467 e. The van der Waals surface area contributed by atoms with Gasteiger partial charge < -0.3 is 9.32 Å². The van der Waals surface area contributed by atoms with Crippen LogP contribution < -0.4 is 5.56 Å². The molecule has 158 valence electrons. The SMILES string of the molecule is O=C(c1ccc2c(=O)n3c(nc2c1)CCCCC3)N(Cc1ccco1)Cc1cccs1. The average Bonchev–Trinajstić information content (AvgIpc) is 3.43. The van der Waals surface area contributed by atoms with Crippen molar-refractivity contribution in [3.63, 3.8) is 0 Å². The molecule has 0 bridgehead atoms. The van der Waals surface area contributed by atoms with Crippen molar-refractivity contribution >= 4 is 28.1 Å². The molecule has 3 aromatic heterocycles. The zero-order valence-electron chi connectivity index (χ0n) is 17.1. The molecular formula is C24H23N3O3S. The minimum atomic E-state index is -0.108. The summed E-state index contributed by atoms with van der Waals surface area (Å²) in [5.74, 6) is 1.45. The summed E-state index contributed by atoms with van der Waals surface area (Å²) in [4.78, 5) is 34.1. The van der Waals surface area contributed by atoms with E-state index in [1.165, 1.54) is 0 Å². The van der Waals surface area contributed by atoms with Crippen molar-refractivity contribution in [1.82, 2.24) is 14.5 Å². The Kier molecular flexibility index (Phi) is 5.42. The summed E-state index contributed by atoms with van der Waals surface area (Å²) in [6.07, 6.45) is 5.55. The Labute approximate surface area is 183 Å². The number of furan rings is 1. The number of benzene rings is 1. The van der Waals surface area contributed by atoms with Crippen LogP contribution in [0.1, 0.15) is 46.1 Å². The molecule has 0 saturated carbocycles. The van der Waals surface area contributed by atoms with Crippen molar-refractivity contribution in [2.45, 2.75) is 45.3 Å². The maximum absolute atomic E-state index is 13.4. The summed E-state index contributed by atoms with van der Waals surface area (Å²) in [7, 11) is 0. The zero-order chi connectivity index (χ0) is 21.2. The summed E-state index contributed by atoms with van der Waals surface area (Å²) in [5.41, 5.74) is 1.12. The monoisotopic (exact) mass is 433 g/mol. The van der Waals surface area contributed by atoms with Crippen LogP contribution in [0.5, 0.6) is 0 Å². The molecule has 0 saturated heterocycles. The maximum Gasteiger partial charge on any atom is 0.261 e. The highest BCUT2D eigenvalue weighted by Crippen LogP contribution is 2.20. The van der Waals surface area contributed by atoms with Crippen LogP contribution in [0.15, 0.2) is 63.3 Å². The van der Waals surface area contributed by atoms with Crippen LogP contribution in [0.4, 0.5) is 0 Å². The van der Waals surface area contributed by atoms with Gasteiger partial charge in [-0.1, -0.05) is 12.5 Å². The summed E-state index contributed by atoms with van der Waals surface area (Å²) >= 11 is 1.62. The number of hydrogen-bond acceptors (Lipinski definition) is 5. The predicted octanol–water partition coefficient (Wildman–Crippen LogP) is 4.62. The molecule has 1 aromatic carbocycles. The molecule has 0 spiro atoms. The van der Waals surface area contributed by atoms with E-state index in [9.17, 15) is 9.59 Å². The van der Waals surface area contributed by atoms with E-state index in [0.717, 1.165) is 48.7 Å². The van der Waals surface area contributed by atoms with Gasteiger partial charge in [-0.05, 0) is 54.6 Å². The number of nitrogens with zero attached hydrogens (tertiary/aromatic N) is 3. The second-order valence-electron chi connectivity index (χ2n) is 7.85. The summed E-state index contributed by atoms with van der Waals surface area (Å²) < 4.78 is 7.28. The fourth-order valence-electron chi connectivity index (χ4n) is 4.11. The Morgan fingerprint density at radius 1 is 1.13 bits per heavy atom. The lowest BCUT2D eigenvalue weighted by molar-refractivity contribution is 0.0719. The van der Waals surface area contributed by atoms with Crippen molar-refractivity contribution < 1.29 is 9.21 Å². The molecule has 4 aromatic rings. The predicted molar refractivity (Wildman–Crippen MR) is 120 cm³/mol. The van der Waals surface area contributed by atoms with Crippen LogP contribution in [0.2, 0.25) is 0 Å². The van der Waals surface area contributed by atoms with Gasteiger partial charge in [0.25, 0.3) is 11.5 Å². The number of fused-ring (bicyclic) bond motifs is 2. The highest BCUT2D eigenvalue weighted by molar-refractivity contribution is 7.09. The number of carbonyl (C=O) groups is 1. The first kappa shape index (κ1) is 19.8. The highest BCUT2D eigenvalue weighted by Gasteiger charge is 2.20.